The zero-order chi connectivity index (χ0) is 14.5. The molecule has 3 N–H and O–H groups in total. The van der Waals surface area contributed by atoms with Gasteiger partial charge in [-0.25, -0.2) is 4.79 Å². The summed E-state index contributed by atoms with van der Waals surface area (Å²) in [6.07, 6.45) is 0.701. The van der Waals surface area contributed by atoms with E-state index < -0.39 is 12.1 Å². The van der Waals surface area contributed by atoms with E-state index in [4.69, 9.17) is 0 Å². The molecule has 106 valence electrons. The first kappa shape index (κ1) is 14.0. The molecule has 1 heterocycles. The number of nitrogens with one attached hydrogen (secondary N) is 3. The van der Waals surface area contributed by atoms with Crippen molar-refractivity contribution in [2.45, 2.75) is 25.8 Å². The van der Waals surface area contributed by atoms with Gasteiger partial charge in [-0.2, -0.15) is 0 Å². The Morgan fingerprint density at radius 1 is 1.30 bits per heavy atom. The summed E-state index contributed by atoms with van der Waals surface area (Å²) in [7, 11) is 0. The van der Waals surface area contributed by atoms with E-state index in [0.29, 0.717) is 19.4 Å². The lowest BCUT2D eigenvalue weighted by molar-refractivity contribution is -0.122. The molecule has 0 saturated carbocycles. The van der Waals surface area contributed by atoms with Gasteiger partial charge in [0, 0.05) is 6.54 Å². The second-order valence-corrected chi connectivity index (χ2v) is 4.76. The van der Waals surface area contributed by atoms with Gasteiger partial charge in [0.1, 0.15) is 6.04 Å². The highest BCUT2D eigenvalue weighted by Gasteiger charge is 2.28. The third-order valence-electron chi connectivity index (χ3n) is 3.23. The van der Waals surface area contributed by atoms with Gasteiger partial charge in [0.15, 0.2) is 0 Å². The number of hydrogen-bond acceptors (Lipinski definition) is 3. The minimum atomic E-state index is -0.554. The molecule has 1 aliphatic rings. The van der Waals surface area contributed by atoms with Crippen LogP contribution in [0.5, 0.6) is 0 Å². The highest BCUT2D eigenvalue weighted by atomic mass is 16.2. The van der Waals surface area contributed by atoms with Gasteiger partial charge in [-0.1, -0.05) is 24.3 Å². The van der Waals surface area contributed by atoms with E-state index in [2.05, 4.69) is 16.0 Å². The van der Waals surface area contributed by atoms with Crippen molar-refractivity contribution in [3.63, 3.8) is 0 Å². The van der Waals surface area contributed by atoms with E-state index in [-0.39, 0.29) is 11.8 Å². The van der Waals surface area contributed by atoms with Gasteiger partial charge in [0.05, 0.1) is 6.42 Å². The maximum atomic E-state index is 11.8. The van der Waals surface area contributed by atoms with Crippen LogP contribution in [0.2, 0.25) is 0 Å². The highest BCUT2D eigenvalue weighted by molar-refractivity contribution is 6.04. The van der Waals surface area contributed by atoms with E-state index in [1.165, 1.54) is 0 Å². The summed E-state index contributed by atoms with van der Waals surface area (Å²) < 4.78 is 0. The Hall–Kier alpha value is -2.37. The van der Waals surface area contributed by atoms with E-state index in [1.54, 1.807) is 0 Å². The molecule has 4 amide bonds. The predicted octanol–water partition coefficient (Wildman–Crippen LogP) is 0.252. The van der Waals surface area contributed by atoms with Crippen molar-refractivity contribution < 1.29 is 14.4 Å². The number of hydrogen-bond donors (Lipinski definition) is 3. The van der Waals surface area contributed by atoms with Crippen LogP contribution in [0.1, 0.15) is 17.5 Å². The van der Waals surface area contributed by atoms with Crippen molar-refractivity contribution >= 4 is 17.8 Å². The van der Waals surface area contributed by atoms with E-state index in [9.17, 15) is 14.4 Å². The van der Waals surface area contributed by atoms with Crippen LogP contribution < -0.4 is 16.0 Å². The molecule has 0 aromatic heterocycles. The fourth-order valence-electron chi connectivity index (χ4n) is 2.06. The predicted molar refractivity (Wildman–Crippen MR) is 73.0 cm³/mol. The number of carbonyl (C=O) groups is 3. The lowest BCUT2D eigenvalue weighted by atomic mass is 10.1. The number of aryl methyl sites for hydroxylation is 1. The quantitative estimate of drug-likeness (QED) is 0.673. The van der Waals surface area contributed by atoms with Crippen LogP contribution >= 0.6 is 0 Å². The van der Waals surface area contributed by atoms with Crippen LogP contribution in [-0.4, -0.2) is 30.4 Å². The van der Waals surface area contributed by atoms with Crippen molar-refractivity contribution in [1.82, 2.24) is 16.0 Å². The maximum Gasteiger partial charge on any atom is 0.322 e. The smallest absolute Gasteiger partial charge is 0.322 e. The second kappa shape index (κ2) is 6.18. The van der Waals surface area contributed by atoms with Gasteiger partial charge >= 0.3 is 6.03 Å². The van der Waals surface area contributed by atoms with Crippen LogP contribution in [0.15, 0.2) is 24.3 Å². The Labute approximate surface area is 116 Å². The van der Waals surface area contributed by atoms with E-state index in [1.807, 2.05) is 31.2 Å². The zero-order valence-corrected chi connectivity index (χ0v) is 11.2. The van der Waals surface area contributed by atoms with Crippen molar-refractivity contribution in [2.24, 2.45) is 0 Å². The van der Waals surface area contributed by atoms with E-state index in [0.717, 1.165) is 11.1 Å². The molecule has 1 unspecified atom stereocenters. The maximum absolute atomic E-state index is 11.8. The molecule has 0 bridgehead atoms. The van der Waals surface area contributed by atoms with Crippen molar-refractivity contribution in [3.8, 4) is 0 Å². The minimum Gasteiger partial charge on any atom is -0.356 e. The molecular formula is C14H17N3O3. The highest BCUT2D eigenvalue weighted by Crippen LogP contribution is 2.07. The Morgan fingerprint density at radius 3 is 2.70 bits per heavy atom. The van der Waals surface area contributed by atoms with Gasteiger partial charge in [0.2, 0.25) is 5.91 Å². The average Bonchev–Trinajstić information content (AvgIpc) is 2.71. The lowest BCUT2D eigenvalue weighted by Gasteiger charge is -2.09. The summed E-state index contributed by atoms with van der Waals surface area (Å²) in [5.41, 5.74) is 2.06. The summed E-state index contributed by atoms with van der Waals surface area (Å²) in [5.74, 6) is -0.438. The number of rotatable bonds is 5. The summed E-state index contributed by atoms with van der Waals surface area (Å²) in [6, 6.07) is 6.67. The third-order valence-corrected chi connectivity index (χ3v) is 3.23. The van der Waals surface area contributed by atoms with Crippen LogP contribution in [0.4, 0.5) is 4.79 Å². The van der Waals surface area contributed by atoms with Crippen molar-refractivity contribution in [3.05, 3.63) is 35.4 Å². The van der Waals surface area contributed by atoms with Crippen LogP contribution in [0.25, 0.3) is 0 Å². The summed E-state index contributed by atoms with van der Waals surface area (Å²) in [5, 5.41) is 7.39. The van der Waals surface area contributed by atoms with Crippen molar-refractivity contribution in [1.29, 1.82) is 0 Å². The number of amides is 4. The number of urea groups is 1. The van der Waals surface area contributed by atoms with Gasteiger partial charge in [-0.05, 0) is 24.5 Å². The Kier molecular flexibility index (Phi) is 4.34. The Bertz CT molecular complexity index is 542. The molecule has 1 atom stereocenters. The van der Waals surface area contributed by atoms with Gasteiger partial charge < -0.3 is 10.6 Å². The lowest BCUT2D eigenvalue weighted by Crippen LogP contribution is -2.35. The first-order chi connectivity index (χ1) is 9.56. The molecule has 20 heavy (non-hydrogen) atoms. The Balaban J connectivity index is 1.75. The van der Waals surface area contributed by atoms with Gasteiger partial charge in [-0.15, -0.1) is 0 Å². The third kappa shape index (κ3) is 3.57. The van der Waals surface area contributed by atoms with Crippen LogP contribution in [-0.2, 0) is 16.0 Å². The molecule has 1 saturated heterocycles. The molecular weight excluding hydrogens is 258 g/mol. The van der Waals surface area contributed by atoms with Crippen molar-refractivity contribution in [2.75, 3.05) is 6.54 Å². The molecule has 0 aliphatic carbocycles. The molecule has 0 spiro atoms. The first-order valence-electron chi connectivity index (χ1n) is 6.49. The fraction of sp³-hybridized carbons (Fsp3) is 0.357. The molecule has 1 aromatic carbocycles. The molecule has 6 heteroatoms. The summed E-state index contributed by atoms with van der Waals surface area (Å²) in [4.78, 5) is 34.0. The number of imide groups is 1. The summed E-state index contributed by atoms with van der Waals surface area (Å²) in [6.45, 7) is 2.31. The molecule has 0 radical (unpaired) electrons. The SMILES string of the molecule is Cc1ccccc1CC(=O)NCCC1NC(=O)NC1=O. The first-order valence-corrected chi connectivity index (χ1v) is 6.49. The topological polar surface area (TPSA) is 87.3 Å². The molecule has 6 nitrogen and oxygen atoms in total. The standard InChI is InChI=1S/C14H17N3O3/c1-9-4-2-3-5-10(9)8-12(18)15-7-6-11-13(19)17-14(20)16-11/h2-5,11H,6-8H2,1H3,(H,15,18)(H2,16,17,19,20). The average molecular weight is 275 g/mol. The normalized spacial score (nSPS) is 17.6. The Morgan fingerprint density at radius 2 is 2.05 bits per heavy atom. The van der Waals surface area contributed by atoms with Crippen LogP contribution in [0, 0.1) is 6.92 Å². The largest absolute Gasteiger partial charge is 0.356 e. The van der Waals surface area contributed by atoms with Gasteiger partial charge in [0.25, 0.3) is 5.91 Å². The zero-order valence-electron chi connectivity index (χ0n) is 11.2. The van der Waals surface area contributed by atoms with Gasteiger partial charge in [-0.3, -0.25) is 14.9 Å². The molecule has 1 aliphatic heterocycles. The molecule has 1 aromatic rings. The summed E-state index contributed by atoms with van der Waals surface area (Å²) >= 11 is 0. The van der Waals surface area contributed by atoms with Crippen LogP contribution in [0.3, 0.4) is 0 Å². The molecule has 2 rings (SSSR count). The fourth-order valence-corrected chi connectivity index (χ4v) is 2.06. The number of benzene rings is 1. The second-order valence-electron chi connectivity index (χ2n) is 4.76. The minimum absolute atomic E-state index is 0.0935. The molecule has 1 fully saturated rings. The van der Waals surface area contributed by atoms with E-state index >= 15 is 0 Å². The number of carbonyl (C=O) groups excluding carboxylic acids is 3. The monoisotopic (exact) mass is 275 g/mol.